The number of carboxylic acid groups (broad SMARTS) is 1. The smallest absolute Gasteiger partial charge is 0.310 e. The van der Waals surface area contributed by atoms with E-state index in [-0.39, 0.29) is 6.61 Å². The predicted octanol–water partition coefficient (Wildman–Crippen LogP) is 1.49. The van der Waals surface area contributed by atoms with Crippen LogP contribution in [0.5, 0.6) is 0 Å². The van der Waals surface area contributed by atoms with Gasteiger partial charge in [-0.2, -0.15) is 0 Å². The van der Waals surface area contributed by atoms with Gasteiger partial charge in [0.05, 0.1) is 5.92 Å². The van der Waals surface area contributed by atoms with E-state index in [1.807, 2.05) is 30.3 Å². The Morgan fingerprint density at radius 2 is 1.94 bits per heavy atom. The number of benzene rings is 1. The van der Waals surface area contributed by atoms with Crippen LogP contribution in [0.4, 0.5) is 0 Å². The first-order valence-corrected chi connectivity index (χ1v) is 4.99. The lowest BCUT2D eigenvalue weighted by Gasteiger charge is -2.11. The monoisotopic (exact) mass is 222 g/mol. The molecule has 0 aromatic heterocycles. The first-order chi connectivity index (χ1) is 7.59. The van der Waals surface area contributed by atoms with Crippen LogP contribution in [0.25, 0.3) is 0 Å². The molecule has 0 amide bonds. The molecule has 0 bridgehead atoms. The molecule has 1 atom stereocenters. The predicted molar refractivity (Wildman–Crippen MR) is 57.9 cm³/mol. The van der Waals surface area contributed by atoms with Crippen molar-refractivity contribution < 1.29 is 19.4 Å². The fraction of sp³-hybridized carbons (Fsp3) is 0.333. The molecule has 0 aliphatic heterocycles. The van der Waals surface area contributed by atoms with E-state index in [2.05, 4.69) is 0 Å². The van der Waals surface area contributed by atoms with Gasteiger partial charge in [0.15, 0.2) is 0 Å². The van der Waals surface area contributed by atoms with Crippen molar-refractivity contribution in [3.05, 3.63) is 35.9 Å². The van der Waals surface area contributed by atoms with Crippen LogP contribution in [-0.4, -0.2) is 23.7 Å². The normalized spacial score (nSPS) is 11.8. The van der Waals surface area contributed by atoms with Crippen LogP contribution in [0.15, 0.2) is 30.3 Å². The van der Waals surface area contributed by atoms with E-state index in [4.69, 9.17) is 9.84 Å². The number of rotatable bonds is 5. The summed E-state index contributed by atoms with van der Waals surface area (Å²) in [6.45, 7) is 1.18. The molecule has 1 aromatic rings. The van der Waals surface area contributed by atoms with Crippen LogP contribution in [0.1, 0.15) is 12.5 Å². The Morgan fingerprint density at radius 1 is 1.31 bits per heavy atom. The maximum absolute atomic E-state index is 10.9. The average molecular weight is 222 g/mol. The molecule has 0 saturated carbocycles. The van der Waals surface area contributed by atoms with Crippen LogP contribution in [0.2, 0.25) is 0 Å². The summed E-state index contributed by atoms with van der Waals surface area (Å²) in [5.41, 5.74) is 0.919. The highest BCUT2D eigenvalue weighted by Crippen LogP contribution is 2.09. The number of carboxylic acids is 1. The van der Waals surface area contributed by atoms with Crippen molar-refractivity contribution in [2.24, 2.45) is 5.92 Å². The lowest BCUT2D eigenvalue weighted by Crippen LogP contribution is -2.23. The van der Waals surface area contributed by atoms with Gasteiger partial charge in [-0.05, 0) is 12.0 Å². The topological polar surface area (TPSA) is 63.6 Å². The highest BCUT2D eigenvalue weighted by molar-refractivity contribution is 5.71. The van der Waals surface area contributed by atoms with Crippen molar-refractivity contribution in [1.82, 2.24) is 0 Å². The lowest BCUT2D eigenvalue weighted by molar-refractivity contribution is -0.149. The van der Waals surface area contributed by atoms with E-state index in [9.17, 15) is 9.59 Å². The summed E-state index contributed by atoms with van der Waals surface area (Å²) in [6, 6.07) is 9.26. The number of carbonyl (C=O) groups excluding carboxylic acids is 1. The highest BCUT2D eigenvalue weighted by Gasteiger charge is 2.19. The van der Waals surface area contributed by atoms with Crippen LogP contribution >= 0.6 is 0 Å². The zero-order valence-electron chi connectivity index (χ0n) is 9.05. The minimum absolute atomic E-state index is 0.0838. The summed E-state index contributed by atoms with van der Waals surface area (Å²) >= 11 is 0. The van der Waals surface area contributed by atoms with Gasteiger partial charge in [-0.1, -0.05) is 30.3 Å². The van der Waals surface area contributed by atoms with Crippen LogP contribution in [0.3, 0.4) is 0 Å². The molecular formula is C12H14O4. The van der Waals surface area contributed by atoms with Gasteiger partial charge in [0.1, 0.15) is 6.61 Å². The SMILES string of the molecule is CC(=O)OC[C@@H](Cc1ccccc1)C(=O)O. The van der Waals surface area contributed by atoms with Crippen molar-refractivity contribution in [2.75, 3.05) is 6.61 Å². The molecule has 1 aromatic carbocycles. The Kier molecular flexibility index (Phi) is 4.51. The minimum atomic E-state index is -0.954. The molecule has 0 aliphatic carbocycles. The van der Waals surface area contributed by atoms with Gasteiger partial charge >= 0.3 is 11.9 Å². The van der Waals surface area contributed by atoms with Crippen LogP contribution in [-0.2, 0) is 20.7 Å². The third-order valence-corrected chi connectivity index (χ3v) is 2.16. The lowest BCUT2D eigenvalue weighted by atomic mass is 10.0. The molecule has 0 unspecified atom stereocenters. The molecule has 0 aliphatic rings. The van der Waals surface area contributed by atoms with E-state index >= 15 is 0 Å². The van der Waals surface area contributed by atoms with Gasteiger partial charge in [0, 0.05) is 6.92 Å². The van der Waals surface area contributed by atoms with E-state index in [1.165, 1.54) is 6.92 Å². The Balaban J connectivity index is 2.58. The van der Waals surface area contributed by atoms with Crippen LogP contribution < -0.4 is 0 Å². The first kappa shape index (κ1) is 12.2. The van der Waals surface area contributed by atoms with Crippen molar-refractivity contribution in [3.8, 4) is 0 Å². The van der Waals surface area contributed by atoms with Gasteiger partial charge in [-0.25, -0.2) is 0 Å². The molecule has 0 fully saturated rings. The van der Waals surface area contributed by atoms with Crippen molar-refractivity contribution in [1.29, 1.82) is 0 Å². The standard InChI is InChI=1S/C12H14O4/c1-9(13)16-8-11(12(14)15)7-10-5-3-2-4-6-10/h2-6,11H,7-8H2,1H3,(H,14,15)/t11-/m1/s1. The second kappa shape index (κ2) is 5.90. The number of aliphatic carboxylic acids is 1. The summed E-state index contributed by atoms with van der Waals surface area (Å²) in [5.74, 6) is -2.10. The number of ether oxygens (including phenoxy) is 1. The van der Waals surface area contributed by atoms with Crippen molar-refractivity contribution in [3.63, 3.8) is 0 Å². The third-order valence-electron chi connectivity index (χ3n) is 2.16. The average Bonchev–Trinajstić information content (AvgIpc) is 2.25. The summed E-state index contributed by atoms with van der Waals surface area (Å²) in [6.07, 6.45) is 0.365. The van der Waals surface area contributed by atoms with E-state index < -0.39 is 17.9 Å². The van der Waals surface area contributed by atoms with Crippen molar-refractivity contribution >= 4 is 11.9 Å². The first-order valence-electron chi connectivity index (χ1n) is 4.99. The maximum Gasteiger partial charge on any atom is 0.310 e. The Morgan fingerprint density at radius 3 is 2.44 bits per heavy atom. The fourth-order valence-electron chi connectivity index (χ4n) is 1.33. The molecule has 4 heteroatoms. The summed E-state index contributed by atoms with van der Waals surface area (Å²) in [5, 5.41) is 8.96. The van der Waals surface area contributed by atoms with Crippen LogP contribution in [0, 0.1) is 5.92 Å². The zero-order valence-corrected chi connectivity index (χ0v) is 9.05. The third kappa shape index (κ3) is 4.13. The molecule has 4 nitrogen and oxygen atoms in total. The summed E-state index contributed by atoms with van der Waals surface area (Å²) in [7, 11) is 0. The molecule has 1 rings (SSSR count). The molecule has 0 spiro atoms. The zero-order chi connectivity index (χ0) is 12.0. The molecule has 16 heavy (non-hydrogen) atoms. The minimum Gasteiger partial charge on any atom is -0.481 e. The second-order valence-corrected chi connectivity index (χ2v) is 3.53. The van der Waals surface area contributed by atoms with Gasteiger partial charge in [0.25, 0.3) is 0 Å². The number of carbonyl (C=O) groups is 2. The van der Waals surface area contributed by atoms with E-state index in [0.717, 1.165) is 5.56 Å². The molecule has 1 N–H and O–H groups in total. The molecular weight excluding hydrogens is 208 g/mol. The quantitative estimate of drug-likeness (QED) is 0.767. The Labute approximate surface area is 93.9 Å². The number of esters is 1. The highest BCUT2D eigenvalue weighted by atomic mass is 16.5. The molecule has 0 saturated heterocycles. The van der Waals surface area contributed by atoms with E-state index in [1.54, 1.807) is 0 Å². The Bertz CT molecular complexity index is 359. The number of hydrogen-bond acceptors (Lipinski definition) is 3. The van der Waals surface area contributed by atoms with Gasteiger partial charge in [-0.15, -0.1) is 0 Å². The summed E-state index contributed by atoms with van der Waals surface area (Å²) < 4.78 is 4.72. The van der Waals surface area contributed by atoms with Gasteiger partial charge < -0.3 is 9.84 Å². The van der Waals surface area contributed by atoms with Crippen molar-refractivity contribution in [2.45, 2.75) is 13.3 Å². The Hall–Kier alpha value is -1.84. The second-order valence-electron chi connectivity index (χ2n) is 3.53. The maximum atomic E-state index is 10.9. The largest absolute Gasteiger partial charge is 0.481 e. The van der Waals surface area contributed by atoms with E-state index in [0.29, 0.717) is 6.42 Å². The van der Waals surface area contributed by atoms with Gasteiger partial charge in [0.2, 0.25) is 0 Å². The number of hydrogen-bond donors (Lipinski definition) is 1. The summed E-state index contributed by atoms with van der Waals surface area (Å²) in [4.78, 5) is 21.5. The molecule has 0 radical (unpaired) electrons. The van der Waals surface area contributed by atoms with Gasteiger partial charge in [-0.3, -0.25) is 9.59 Å². The molecule has 0 heterocycles. The molecule has 86 valence electrons. The fourth-order valence-corrected chi connectivity index (χ4v) is 1.33.